The predicted molar refractivity (Wildman–Crippen MR) is 67.3 cm³/mol. The zero-order chi connectivity index (χ0) is 12.1. The van der Waals surface area contributed by atoms with Gasteiger partial charge in [0.25, 0.3) is 0 Å². The molecule has 1 N–H and O–H groups in total. The Morgan fingerprint density at radius 3 is 2.71 bits per heavy atom. The Bertz CT molecular complexity index is 465. The highest BCUT2D eigenvalue weighted by Crippen LogP contribution is 2.18. The first kappa shape index (κ1) is 12.0. The van der Waals surface area contributed by atoms with E-state index in [1.807, 2.05) is 25.2 Å². The highest BCUT2D eigenvalue weighted by molar-refractivity contribution is 6.30. The summed E-state index contributed by atoms with van der Waals surface area (Å²) in [5.41, 5.74) is 1.11. The molecular weight excluding hydrogens is 238 g/mol. The van der Waals surface area contributed by atoms with Crippen molar-refractivity contribution in [3.05, 3.63) is 52.9 Å². The largest absolute Gasteiger partial charge is 0.486 e. The molecule has 1 heterocycles. The summed E-state index contributed by atoms with van der Waals surface area (Å²) < 4.78 is 11.0. The van der Waals surface area contributed by atoms with Crippen molar-refractivity contribution in [2.24, 2.45) is 0 Å². The Balaban J connectivity index is 1.97. The van der Waals surface area contributed by atoms with E-state index in [1.54, 1.807) is 18.4 Å². The van der Waals surface area contributed by atoms with E-state index in [2.05, 4.69) is 5.32 Å². The van der Waals surface area contributed by atoms with Crippen molar-refractivity contribution in [3.8, 4) is 5.75 Å². The van der Waals surface area contributed by atoms with E-state index in [0.717, 1.165) is 23.6 Å². The van der Waals surface area contributed by atoms with Gasteiger partial charge in [-0.25, -0.2) is 0 Å². The average molecular weight is 252 g/mol. The predicted octanol–water partition coefficient (Wildman–Crippen LogP) is 3.23. The molecule has 0 spiro atoms. The van der Waals surface area contributed by atoms with E-state index in [1.165, 1.54) is 0 Å². The van der Waals surface area contributed by atoms with Crippen molar-refractivity contribution in [2.75, 3.05) is 7.05 Å². The molecule has 2 rings (SSSR count). The molecular formula is C13H14ClNO2. The number of hydrogen-bond acceptors (Lipinski definition) is 3. The first-order valence-corrected chi connectivity index (χ1v) is 5.75. The molecule has 0 aliphatic heterocycles. The third-order valence-electron chi connectivity index (χ3n) is 2.39. The van der Waals surface area contributed by atoms with Gasteiger partial charge in [-0.3, -0.25) is 0 Å². The van der Waals surface area contributed by atoms with Crippen LogP contribution < -0.4 is 10.1 Å². The molecule has 4 heteroatoms. The van der Waals surface area contributed by atoms with E-state index in [-0.39, 0.29) is 0 Å². The molecule has 0 radical (unpaired) electrons. The summed E-state index contributed by atoms with van der Waals surface area (Å²) in [5, 5.41) is 3.78. The Morgan fingerprint density at radius 1 is 1.24 bits per heavy atom. The molecule has 0 saturated carbocycles. The van der Waals surface area contributed by atoms with Crippen molar-refractivity contribution in [2.45, 2.75) is 13.2 Å². The van der Waals surface area contributed by atoms with Gasteiger partial charge in [0.1, 0.15) is 18.1 Å². The number of benzene rings is 1. The molecule has 0 aliphatic carbocycles. The second-order valence-corrected chi connectivity index (χ2v) is 4.08. The van der Waals surface area contributed by atoms with Crippen LogP contribution in [0.25, 0.3) is 0 Å². The van der Waals surface area contributed by atoms with E-state index < -0.39 is 0 Å². The van der Waals surface area contributed by atoms with Gasteiger partial charge in [-0.2, -0.15) is 0 Å². The molecule has 1 aromatic carbocycles. The van der Waals surface area contributed by atoms with E-state index in [9.17, 15) is 0 Å². The van der Waals surface area contributed by atoms with Gasteiger partial charge < -0.3 is 14.5 Å². The monoisotopic (exact) mass is 251 g/mol. The summed E-state index contributed by atoms with van der Waals surface area (Å²) in [6.45, 7) is 1.20. The van der Waals surface area contributed by atoms with Gasteiger partial charge in [-0.15, -0.1) is 0 Å². The maximum Gasteiger partial charge on any atom is 0.146 e. The fraction of sp³-hybridized carbons (Fsp3) is 0.231. The molecule has 0 unspecified atom stereocenters. The second kappa shape index (κ2) is 5.75. The third kappa shape index (κ3) is 3.25. The Morgan fingerprint density at radius 2 is 2.00 bits per heavy atom. The standard InChI is InChI=1S/C13H14ClNO2/c1-15-8-10-6-7-16-13(10)9-17-12-4-2-11(14)3-5-12/h2-7,15H,8-9H2,1H3. The lowest BCUT2D eigenvalue weighted by Gasteiger charge is -2.06. The zero-order valence-corrected chi connectivity index (χ0v) is 10.3. The van der Waals surface area contributed by atoms with Gasteiger partial charge in [-0.1, -0.05) is 11.6 Å². The Kier molecular flexibility index (Phi) is 4.07. The fourth-order valence-corrected chi connectivity index (χ4v) is 1.65. The smallest absolute Gasteiger partial charge is 0.146 e. The molecule has 3 nitrogen and oxygen atoms in total. The molecule has 0 atom stereocenters. The number of nitrogens with one attached hydrogen (secondary N) is 1. The van der Waals surface area contributed by atoms with Crippen LogP contribution in [0.3, 0.4) is 0 Å². The number of hydrogen-bond donors (Lipinski definition) is 1. The summed E-state index contributed by atoms with van der Waals surface area (Å²) in [4.78, 5) is 0. The normalized spacial score (nSPS) is 10.5. The van der Waals surface area contributed by atoms with Crippen molar-refractivity contribution >= 4 is 11.6 Å². The Hall–Kier alpha value is -1.45. The maximum atomic E-state index is 5.80. The summed E-state index contributed by atoms with van der Waals surface area (Å²) in [5.74, 6) is 1.62. The SMILES string of the molecule is CNCc1ccoc1COc1ccc(Cl)cc1. The second-order valence-electron chi connectivity index (χ2n) is 3.64. The minimum absolute atomic E-state index is 0.422. The number of rotatable bonds is 5. The molecule has 0 saturated heterocycles. The lowest BCUT2D eigenvalue weighted by Crippen LogP contribution is -2.07. The zero-order valence-electron chi connectivity index (χ0n) is 9.57. The minimum Gasteiger partial charge on any atom is -0.486 e. The van der Waals surface area contributed by atoms with E-state index >= 15 is 0 Å². The van der Waals surface area contributed by atoms with Gasteiger partial charge in [0.2, 0.25) is 0 Å². The maximum absolute atomic E-state index is 5.80. The van der Waals surface area contributed by atoms with Crippen molar-refractivity contribution < 1.29 is 9.15 Å². The fourth-order valence-electron chi connectivity index (χ4n) is 1.52. The van der Waals surface area contributed by atoms with Crippen LogP contribution in [-0.2, 0) is 13.2 Å². The van der Waals surface area contributed by atoms with E-state index in [4.69, 9.17) is 20.8 Å². The molecule has 17 heavy (non-hydrogen) atoms. The van der Waals surface area contributed by atoms with Gasteiger partial charge in [0.05, 0.1) is 6.26 Å². The minimum atomic E-state index is 0.422. The number of furan rings is 1. The highest BCUT2D eigenvalue weighted by atomic mass is 35.5. The lowest BCUT2D eigenvalue weighted by molar-refractivity contribution is 0.268. The van der Waals surface area contributed by atoms with Crippen LogP contribution in [0.2, 0.25) is 5.02 Å². The summed E-state index contributed by atoms with van der Waals surface area (Å²) in [7, 11) is 1.90. The van der Waals surface area contributed by atoms with Crippen LogP contribution in [0, 0.1) is 0 Å². The third-order valence-corrected chi connectivity index (χ3v) is 2.64. The average Bonchev–Trinajstić information content (AvgIpc) is 2.77. The first-order chi connectivity index (χ1) is 8.29. The van der Waals surface area contributed by atoms with Gasteiger partial charge in [0.15, 0.2) is 0 Å². The number of ether oxygens (including phenoxy) is 1. The first-order valence-electron chi connectivity index (χ1n) is 5.38. The van der Waals surface area contributed by atoms with Crippen LogP contribution in [0.15, 0.2) is 41.0 Å². The molecule has 0 bridgehead atoms. The van der Waals surface area contributed by atoms with E-state index in [0.29, 0.717) is 11.6 Å². The molecule has 0 amide bonds. The van der Waals surface area contributed by atoms with Crippen LogP contribution in [0.1, 0.15) is 11.3 Å². The molecule has 2 aromatic rings. The summed E-state index contributed by atoms with van der Waals surface area (Å²) in [6, 6.07) is 9.21. The Labute approximate surface area is 105 Å². The lowest BCUT2D eigenvalue weighted by atomic mass is 10.2. The van der Waals surface area contributed by atoms with Crippen molar-refractivity contribution in [3.63, 3.8) is 0 Å². The molecule has 0 aliphatic rings. The molecule has 0 fully saturated rings. The van der Waals surface area contributed by atoms with Crippen LogP contribution in [0.4, 0.5) is 0 Å². The van der Waals surface area contributed by atoms with Gasteiger partial charge in [-0.05, 0) is 37.4 Å². The highest BCUT2D eigenvalue weighted by Gasteiger charge is 2.06. The molecule has 1 aromatic heterocycles. The van der Waals surface area contributed by atoms with Gasteiger partial charge >= 0.3 is 0 Å². The topological polar surface area (TPSA) is 34.4 Å². The number of halogens is 1. The quantitative estimate of drug-likeness (QED) is 0.886. The summed E-state index contributed by atoms with van der Waals surface area (Å²) in [6.07, 6.45) is 1.67. The van der Waals surface area contributed by atoms with Crippen molar-refractivity contribution in [1.82, 2.24) is 5.32 Å². The molecule has 90 valence electrons. The van der Waals surface area contributed by atoms with Crippen molar-refractivity contribution in [1.29, 1.82) is 0 Å². The van der Waals surface area contributed by atoms with Crippen LogP contribution in [0.5, 0.6) is 5.75 Å². The van der Waals surface area contributed by atoms with Crippen LogP contribution >= 0.6 is 11.6 Å². The summed E-state index contributed by atoms with van der Waals surface area (Å²) >= 11 is 5.80. The van der Waals surface area contributed by atoms with Crippen LogP contribution in [-0.4, -0.2) is 7.05 Å². The van der Waals surface area contributed by atoms with Gasteiger partial charge in [0, 0.05) is 17.1 Å².